The lowest BCUT2D eigenvalue weighted by Gasteiger charge is -2.26. The molecule has 0 aliphatic carbocycles. The van der Waals surface area contributed by atoms with Gasteiger partial charge >= 0.3 is 0 Å². The summed E-state index contributed by atoms with van der Waals surface area (Å²) in [6.07, 6.45) is 0. The number of ether oxygens (including phenoxy) is 1. The van der Waals surface area contributed by atoms with E-state index in [1.807, 2.05) is 24.3 Å². The van der Waals surface area contributed by atoms with Crippen molar-refractivity contribution in [3.63, 3.8) is 0 Å². The third kappa shape index (κ3) is 3.61. The maximum Gasteiger partial charge on any atom is 0.165 e. The van der Waals surface area contributed by atoms with Crippen molar-refractivity contribution < 1.29 is 9.13 Å². The number of methoxy groups -OCH3 is 1. The zero-order chi connectivity index (χ0) is 15.2. The molecule has 3 heteroatoms. The lowest BCUT2D eigenvalue weighted by atomic mass is 9.88. The van der Waals surface area contributed by atoms with Crippen molar-refractivity contribution in [1.29, 1.82) is 0 Å². The molecule has 0 aromatic heterocycles. The van der Waals surface area contributed by atoms with Gasteiger partial charge in [-0.2, -0.15) is 0 Å². The molecule has 2 unspecified atom stereocenters. The van der Waals surface area contributed by atoms with Gasteiger partial charge in [-0.1, -0.05) is 50.2 Å². The molecule has 2 aromatic carbocycles. The molecule has 0 saturated heterocycles. The van der Waals surface area contributed by atoms with E-state index < -0.39 is 0 Å². The van der Waals surface area contributed by atoms with Gasteiger partial charge in [0.1, 0.15) is 0 Å². The van der Waals surface area contributed by atoms with Crippen molar-refractivity contribution >= 4 is 0 Å². The van der Waals surface area contributed by atoms with E-state index >= 15 is 0 Å². The summed E-state index contributed by atoms with van der Waals surface area (Å²) in [6, 6.07) is 15.5. The van der Waals surface area contributed by atoms with Gasteiger partial charge in [-0.05, 0) is 29.8 Å². The van der Waals surface area contributed by atoms with Gasteiger partial charge < -0.3 is 10.1 Å². The fraction of sp³-hybridized carbons (Fsp3) is 0.333. The smallest absolute Gasteiger partial charge is 0.165 e. The Morgan fingerprint density at radius 3 is 2.38 bits per heavy atom. The second-order valence-corrected chi connectivity index (χ2v) is 5.13. The second-order valence-electron chi connectivity index (χ2n) is 5.13. The molecule has 0 bridgehead atoms. The van der Waals surface area contributed by atoms with Crippen LogP contribution in [0.2, 0.25) is 0 Å². The third-order valence-electron chi connectivity index (χ3n) is 3.78. The van der Waals surface area contributed by atoms with E-state index in [1.165, 1.54) is 12.7 Å². The summed E-state index contributed by atoms with van der Waals surface area (Å²) in [5, 5.41) is 3.45. The number of nitrogens with one attached hydrogen (secondary N) is 1. The maximum atomic E-state index is 14.0. The van der Waals surface area contributed by atoms with E-state index in [9.17, 15) is 4.39 Å². The van der Waals surface area contributed by atoms with E-state index in [2.05, 4.69) is 31.3 Å². The average Bonchev–Trinajstić information content (AvgIpc) is 2.52. The molecular weight excluding hydrogens is 265 g/mol. The van der Waals surface area contributed by atoms with Crippen molar-refractivity contribution in [1.82, 2.24) is 5.32 Å². The number of rotatable bonds is 6. The number of hydrogen-bond donors (Lipinski definition) is 1. The highest BCUT2D eigenvalue weighted by atomic mass is 19.1. The summed E-state index contributed by atoms with van der Waals surface area (Å²) in [5.74, 6) is 0.207. The zero-order valence-corrected chi connectivity index (χ0v) is 12.8. The van der Waals surface area contributed by atoms with Crippen LogP contribution in [0.1, 0.15) is 36.9 Å². The minimum atomic E-state index is -0.321. The lowest BCUT2D eigenvalue weighted by Crippen LogP contribution is -2.25. The van der Waals surface area contributed by atoms with Crippen LogP contribution in [-0.2, 0) is 0 Å². The van der Waals surface area contributed by atoms with E-state index in [0.29, 0.717) is 0 Å². The first-order valence-corrected chi connectivity index (χ1v) is 7.29. The molecule has 0 aliphatic heterocycles. The van der Waals surface area contributed by atoms with Crippen molar-refractivity contribution in [3.05, 3.63) is 65.5 Å². The second kappa shape index (κ2) is 7.23. The van der Waals surface area contributed by atoms with Gasteiger partial charge in [-0.25, -0.2) is 4.39 Å². The Morgan fingerprint density at radius 1 is 1.10 bits per heavy atom. The van der Waals surface area contributed by atoms with E-state index in [4.69, 9.17) is 4.74 Å². The number of hydrogen-bond acceptors (Lipinski definition) is 2. The SMILES string of the molecule is CCNC(c1ccc(OC)c(F)c1)C(C)c1ccccc1. The molecule has 112 valence electrons. The summed E-state index contributed by atoms with van der Waals surface area (Å²) < 4.78 is 19.0. The molecule has 0 aliphatic rings. The van der Waals surface area contributed by atoms with Gasteiger partial charge in [0.2, 0.25) is 0 Å². The fourth-order valence-corrected chi connectivity index (χ4v) is 2.63. The summed E-state index contributed by atoms with van der Waals surface area (Å²) >= 11 is 0. The zero-order valence-electron chi connectivity index (χ0n) is 12.8. The lowest BCUT2D eigenvalue weighted by molar-refractivity contribution is 0.384. The minimum Gasteiger partial charge on any atom is -0.494 e. The fourth-order valence-electron chi connectivity index (χ4n) is 2.63. The van der Waals surface area contributed by atoms with Gasteiger partial charge in [0, 0.05) is 12.0 Å². The Bertz CT molecular complexity index is 571. The van der Waals surface area contributed by atoms with Crippen molar-refractivity contribution in [2.45, 2.75) is 25.8 Å². The number of halogens is 1. The van der Waals surface area contributed by atoms with Crippen LogP contribution in [0.3, 0.4) is 0 Å². The first-order valence-electron chi connectivity index (χ1n) is 7.29. The first-order chi connectivity index (χ1) is 10.2. The predicted octanol–water partition coefficient (Wildman–Crippen LogP) is 4.29. The molecule has 1 N–H and O–H groups in total. The summed E-state index contributed by atoms with van der Waals surface area (Å²) in [6.45, 7) is 5.05. The highest BCUT2D eigenvalue weighted by Gasteiger charge is 2.21. The van der Waals surface area contributed by atoms with Crippen LogP contribution < -0.4 is 10.1 Å². The summed E-state index contributed by atoms with van der Waals surface area (Å²) in [7, 11) is 1.48. The molecule has 2 rings (SSSR count). The highest BCUT2D eigenvalue weighted by Crippen LogP contribution is 2.32. The van der Waals surface area contributed by atoms with Crippen LogP contribution in [-0.4, -0.2) is 13.7 Å². The topological polar surface area (TPSA) is 21.3 Å². The summed E-state index contributed by atoms with van der Waals surface area (Å²) in [4.78, 5) is 0. The van der Waals surface area contributed by atoms with Crippen LogP contribution in [0.5, 0.6) is 5.75 Å². The standard InChI is InChI=1S/C18H22FNO/c1-4-20-18(13(2)14-8-6-5-7-9-14)15-10-11-17(21-3)16(19)12-15/h5-13,18,20H,4H2,1-3H3. The van der Waals surface area contributed by atoms with Crippen LogP contribution in [0.15, 0.2) is 48.5 Å². The normalized spacial score (nSPS) is 13.7. The first kappa shape index (κ1) is 15.5. The third-order valence-corrected chi connectivity index (χ3v) is 3.78. The van der Waals surface area contributed by atoms with Crippen LogP contribution in [0.25, 0.3) is 0 Å². The molecule has 0 radical (unpaired) electrons. The van der Waals surface area contributed by atoms with Crippen LogP contribution >= 0.6 is 0 Å². The van der Waals surface area contributed by atoms with E-state index in [-0.39, 0.29) is 23.5 Å². The molecule has 0 saturated carbocycles. The monoisotopic (exact) mass is 287 g/mol. The summed E-state index contributed by atoms with van der Waals surface area (Å²) in [5.41, 5.74) is 2.17. The van der Waals surface area contributed by atoms with Gasteiger partial charge in [0.15, 0.2) is 11.6 Å². The number of likely N-dealkylation sites (N-methyl/N-ethyl adjacent to an activating group) is 1. The minimum absolute atomic E-state index is 0.0674. The quantitative estimate of drug-likeness (QED) is 0.856. The van der Waals surface area contributed by atoms with Gasteiger partial charge in [-0.15, -0.1) is 0 Å². The Balaban J connectivity index is 2.32. The Morgan fingerprint density at radius 2 is 1.81 bits per heavy atom. The largest absolute Gasteiger partial charge is 0.494 e. The van der Waals surface area contributed by atoms with Gasteiger partial charge in [0.05, 0.1) is 7.11 Å². The van der Waals surface area contributed by atoms with Gasteiger partial charge in [-0.3, -0.25) is 0 Å². The molecule has 2 aromatic rings. The van der Waals surface area contributed by atoms with Crippen LogP contribution in [0, 0.1) is 5.82 Å². The van der Waals surface area contributed by atoms with E-state index in [0.717, 1.165) is 12.1 Å². The number of benzene rings is 2. The molecule has 0 amide bonds. The average molecular weight is 287 g/mol. The highest BCUT2D eigenvalue weighted by molar-refractivity contribution is 5.33. The van der Waals surface area contributed by atoms with Crippen LogP contribution in [0.4, 0.5) is 4.39 Å². The van der Waals surface area contributed by atoms with Crippen molar-refractivity contribution in [2.75, 3.05) is 13.7 Å². The Hall–Kier alpha value is -1.87. The molecule has 0 heterocycles. The molecule has 0 fully saturated rings. The van der Waals surface area contributed by atoms with Crippen molar-refractivity contribution in [2.24, 2.45) is 0 Å². The maximum absolute atomic E-state index is 14.0. The Labute approximate surface area is 126 Å². The molecular formula is C18H22FNO. The molecule has 0 spiro atoms. The molecule has 21 heavy (non-hydrogen) atoms. The molecule has 2 atom stereocenters. The Kier molecular flexibility index (Phi) is 5.34. The van der Waals surface area contributed by atoms with Gasteiger partial charge in [0.25, 0.3) is 0 Å². The van der Waals surface area contributed by atoms with E-state index in [1.54, 1.807) is 12.1 Å². The molecule has 2 nitrogen and oxygen atoms in total. The predicted molar refractivity (Wildman–Crippen MR) is 84.2 cm³/mol. The van der Waals surface area contributed by atoms with Crippen molar-refractivity contribution in [3.8, 4) is 5.75 Å².